The van der Waals surface area contributed by atoms with Crippen LogP contribution in [0.4, 0.5) is 0 Å². The van der Waals surface area contributed by atoms with Gasteiger partial charge in [-0.05, 0) is 19.3 Å². The number of allylic oxidation sites excluding steroid dienone is 1. The van der Waals surface area contributed by atoms with Gasteiger partial charge in [-0.1, -0.05) is 135 Å². The Morgan fingerprint density at radius 1 is 0.688 bits per heavy atom. The molecule has 0 heterocycles. The maximum atomic E-state index is 10.8. The third-order valence-electron chi connectivity index (χ3n) is 5.99. The molecule has 0 aromatic rings. The molecule has 0 saturated heterocycles. The average molecular weight is 499 g/mol. The summed E-state index contributed by atoms with van der Waals surface area (Å²) >= 11 is 0. The summed E-state index contributed by atoms with van der Waals surface area (Å²) in [5, 5.41) is 0. The van der Waals surface area contributed by atoms with Gasteiger partial charge in [0.25, 0.3) is 0 Å². The normalized spacial score (nSPS) is 12.8. The standard InChI is InChI=1S/C26H52O4S.K/c1-3-5-7-9-11-13-14-16-18-20-22-24-26(25-30-31(27,28)29)23-21-19-17-15-12-10-8-6-4-2;/h21,23,26H,3-20,22,24-25H2,1-2H3,(H,27,28,29);/q;+1/p-1/b23-21+;. The Kier molecular flexibility index (Phi) is 29.7. The fourth-order valence-corrected chi connectivity index (χ4v) is 4.33. The molecule has 1 unspecified atom stereocenters. The van der Waals surface area contributed by atoms with Crippen molar-refractivity contribution in [1.29, 1.82) is 0 Å². The molecule has 0 rings (SSSR count). The molecule has 6 heteroatoms. The molecule has 4 nitrogen and oxygen atoms in total. The van der Waals surface area contributed by atoms with Gasteiger partial charge in [0.1, 0.15) is 0 Å². The van der Waals surface area contributed by atoms with Gasteiger partial charge >= 0.3 is 51.4 Å². The zero-order valence-electron chi connectivity index (χ0n) is 21.6. The number of unbranched alkanes of at least 4 members (excludes halogenated alkanes) is 17. The van der Waals surface area contributed by atoms with Crippen molar-refractivity contribution in [3.63, 3.8) is 0 Å². The summed E-state index contributed by atoms with van der Waals surface area (Å²) in [4.78, 5) is 0. The predicted octanol–water partition coefficient (Wildman–Crippen LogP) is 5.48. The molecule has 1 atom stereocenters. The van der Waals surface area contributed by atoms with Crippen molar-refractivity contribution >= 4 is 10.4 Å². The Morgan fingerprint density at radius 2 is 1.09 bits per heavy atom. The van der Waals surface area contributed by atoms with E-state index in [1.54, 1.807) is 0 Å². The largest absolute Gasteiger partial charge is 1.00 e. The van der Waals surface area contributed by atoms with Crippen molar-refractivity contribution in [2.24, 2.45) is 5.92 Å². The van der Waals surface area contributed by atoms with Crippen molar-refractivity contribution in [2.75, 3.05) is 6.61 Å². The molecule has 186 valence electrons. The first kappa shape index (κ1) is 35.4. The molecule has 0 aliphatic carbocycles. The van der Waals surface area contributed by atoms with Crippen LogP contribution in [0.5, 0.6) is 0 Å². The van der Waals surface area contributed by atoms with E-state index >= 15 is 0 Å². The third-order valence-corrected chi connectivity index (χ3v) is 6.41. The molecule has 0 aromatic carbocycles. The SMILES string of the molecule is CCCCCCCCC/C=C/C(CCCCCCCCCCCCC)COS(=O)(=O)[O-].[K+]. The zero-order valence-corrected chi connectivity index (χ0v) is 25.6. The van der Waals surface area contributed by atoms with Crippen LogP contribution in [0.25, 0.3) is 0 Å². The van der Waals surface area contributed by atoms with Crippen LogP contribution in [0.2, 0.25) is 0 Å². The zero-order chi connectivity index (χ0) is 23.0. The Balaban J connectivity index is 0. The second kappa shape index (κ2) is 26.8. The molecular formula is C26H51KO4S. The number of rotatable bonds is 24. The Bertz CT molecular complexity index is 494. The van der Waals surface area contributed by atoms with Crippen molar-refractivity contribution in [3.8, 4) is 0 Å². The summed E-state index contributed by atoms with van der Waals surface area (Å²) in [7, 11) is -4.61. The molecule has 32 heavy (non-hydrogen) atoms. The summed E-state index contributed by atoms with van der Waals surface area (Å²) in [5.74, 6) is 0.0202. The van der Waals surface area contributed by atoms with E-state index in [-0.39, 0.29) is 63.9 Å². The smallest absolute Gasteiger partial charge is 0.726 e. The van der Waals surface area contributed by atoms with Gasteiger partial charge < -0.3 is 4.55 Å². The van der Waals surface area contributed by atoms with Crippen LogP contribution in [0.1, 0.15) is 142 Å². The first-order valence-corrected chi connectivity index (χ1v) is 14.6. The van der Waals surface area contributed by atoms with E-state index in [9.17, 15) is 13.0 Å². The van der Waals surface area contributed by atoms with Gasteiger partial charge in [0.05, 0.1) is 6.61 Å². The summed E-state index contributed by atoms with van der Waals surface area (Å²) in [6.07, 6.45) is 29.4. The van der Waals surface area contributed by atoms with Crippen LogP contribution in [-0.2, 0) is 14.6 Å². The summed E-state index contributed by atoms with van der Waals surface area (Å²) < 4.78 is 37.0. The fraction of sp³-hybridized carbons (Fsp3) is 0.923. The van der Waals surface area contributed by atoms with E-state index in [1.807, 2.05) is 0 Å². The maximum absolute atomic E-state index is 10.8. The van der Waals surface area contributed by atoms with E-state index < -0.39 is 10.4 Å². The van der Waals surface area contributed by atoms with Gasteiger partial charge in [-0.15, -0.1) is 0 Å². The second-order valence-corrected chi connectivity index (χ2v) is 10.2. The van der Waals surface area contributed by atoms with E-state index in [1.165, 1.54) is 109 Å². The average Bonchev–Trinajstić information content (AvgIpc) is 2.73. The topological polar surface area (TPSA) is 66.4 Å². The quantitative estimate of drug-likeness (QED) is 0.0581. The van der Waals surface area contributed by atoms with Crippen LogP contribution in [0, 0.1) is 5.92 Å². The van der Waals surface area contributed by atoms with Crippen molar-refractivity contribution < 1.29 is 68.5 Å². The van der Waals surface area contributed by atoms with Crippen LogP contribution in [-0.4, -0.2) is 19.6 Å². The van der Waals surface area contributed by atoms with E-state index in [0.29, 0.717) is 0 Å². The molecule has 0 bridgehead atoms. The minimum absolute atomic E-state index is 0. The Labute approximate surface area is 243 Å². The molecule has 0 fully saturated rings. The van der Waals surface area contributed by atoms with Crippen molar-refractivity contribution in [2.45, 2.75) is 142 Å². The second-order valence-electron chi connectivity index (χ2n) is 9.12. The summed E-state index contributed by atoms with van der Waals surface area (Å²) in [6, 6.07) is 0. The van der Waals surface area contributed by atoms with Gasteiger partial charge in [0, 0.05) is 5.92 Å². The van der Waals surface area contributed by atoms with E-state index in [4.69, 9.17) is 0 Å². The van der Waals surface area contributed by atoms with Crippen molar-refractivity contribution in [3.05, 3.63) is 12.2 Å². The Hall–Kier alpha value is 1.25. The fourth-order valence-electron chi connectivity index (χ4n) is 3.98. The number of hydrogen-bond acceptors (Lipinski definition) is 4. The molecular weight excluding hydrogens is 447 g/mol. The molecule has 0 amide bonds. The van der Waals surface area contributed by atoms with Crippen molar-refractivity contribution in [1.82, 2.24) is 0 Å². The third kappa shape index (κ3) is 29.3. The summed E-state index contributed by atoms with van der Waals surface area (Å²) in [5.41, 5.74) is 0. The van der Waals surface area contributed by atoms with Crippen LogP contribution in [0.3, 0.4) is 0 Å². The molecule has 0 aromatic heterocycles. The number of hydrogen-bond donors (Lipinski definition) is 0. The molecule has 0 radical (unpaired) electrons. The molecule has 0 aliphatic heterocycles. The van der Waals surface area contributed by atoms with Crippen LogP contribution >= 0.6 is 0 Å². The molecule has 0 spiro atoms. The minimum Gasteiger partial charge on any atom is -0.726 e. The van der Waals surface area contributed by atoms with E-state index in [2.05, 4.69) is 30.2 Å². The first-order valence-electron chi connectivity index (χ1n) is 13.3. The predicted molar refractivity (Wildman–Crippen MR) is 132 cm³/mol. The van der Waals surface area contributed by atoms with Gasteiger partial charge in [-0.2, -0.15) is 0 Å². The van der Waals surface area contributed by atoms with Gasteiger partial charge in [0.2, 0.25) is 10.4 Å². The molecule has 0 aliphatic rings. The summed E-state index contributed by atoms with van der Waals surface area (Å²) in [6.45, 7) is 4.47. The Morgan fingerprint density at radius 3 is 1.53 bits per heavy atom. The minimum atomic E-state index is -4.61. The van der Waals surface area contributed by atoms with Gasteiger partial charge in [0.15, 0.2) is 0 Å². The monoisotopic (exact) mass is 498 g/mol. The first-order chi connectivity index (χ1) is 15.0. The maximum Gasteiger partial charge on any atom is 1.00 e. The van der Waals surface area contributed by atoms with Crippen LogP contribution in [0.15, 0.2) is 12.2 Å². The van der Waals surface area contributed by atoms with Crippen LogP contribution < -0.4 is 51.4 Å². The van der Waals surface area contributed by atoms with E-state index in [0.717, 1.165) is 19.3 Å². The van der Waals surface area contributed by atoms with Gasteiger partial charge in [-0.25, -0.2) is 8.42 Å². The van der Waals surface area contributed by atoms with Gasteiger partial charge in [-0.3, -0.25) is 4.18 Å². The molecule has 0 saturated carbocycles. The molecule has 0 N–H and O–H groups in total.